The molecule has 6 heteroatoms. The van der Waals surface area contributed by atoms with Crippen LogP contribution < -0.4 is 0 Å². The molecular formula is C18H18N4O2. The number of nitrogens with zero attached hydrogens (tertiary/aromatic N) is 4. The lowest BCUT2D eigenvalue weighted by atomic mass is 10.1. The van der Waals surface area contributed by atoms with Crippen LogP contribution in [0, 0.1) is 0 Å². The van der Waals surface area contributed by atoms with E-state index in [9.17, 15) is 9.90 Å². The number of carbonyl (C=O) groups is 1. The van der Waals surface area contributed by atoms with E-state index in [1.807, 2.05) is 34.9 Å². The highest BCUT2D eigenvalue weighted by Crippen LogP contribution is 2.18. The molecule has 0 aliphatic carbocycles. The van der Waals surface area contributed by atoms with Crippen molar-refractivity contribution in [2.75, 3.05) is 13.1 Å². The first-order valence-corrected chi connectivity index (χ1v) is 8.08. The number of likely N-dealkylation sites (tertiary alicyclic amines) is 1. The summed E-state index contributed by atoms with van der Waals surface area (Å²) in [6.45, 7) is 1.08. The van der Waals surface area contributed by atoms with Gasteiger partial charge in [-0.15, -0.1) is 0 Å². The molecule has 1 unspecified atom stereocenters. The summed E-state index contributed by atoms with van der Waals surface area (Å²) in [6, 6.07) is 11.4. The predicted molar refractivity (Wildman–Crippen MR) is 90.0 cm³/mol. The highest BCUT2D eigenvalue weighted by molar-refractivity contribution is 5.94. The molecule has 1 fully saturated rings. The number of β-amino-alcohol motifs (C(OH)–C–C–N with tert-alkyl or cyclic N) is 1. The summed E-state index contributed by atoms with van der Waals surface area (Å²) in [5.41, 5.74) is 2.42. The molecule has 1 aromatic carbocycles. The van der Waals surface area contributed by atoms with Crippen LogP contribution in [0.2, 0.25) is 0 Å². The average molecular weight is 322 g/mol. The zero-order valence-electron chi connectivity index (χ0n) is 13.2. The Kier molecular flexibility index (Phi) is 3.74. The Balaban J connectivity index is 1.59. The Bertz CT molecular complexity index is 872. The summed E-state index contributed by atoms with van der Waals surface area (Å²) in [5.74, 6) is 0.641. The lowest BCUT2D eigenvalue weighted by molar-refractivity contribution is 0.0473. The van der Waals surface area contributed by atoms with E-state index in [2.05, 4.69) is 9.97 Å². The van der Waals surface area contributed by atoms with Crippen LogP contribution >= 0.6 is 0 Å². The number of imidazole rings is 1. The molecule has 0 saturated carbocycles. The fourth-order valence-electron chi connectivity index (χ4n) is 3.12. The molecule has 3 aromatic rings. The van der Waals surface area contributed by atoms with E-state index in [1.165, 1.54) is 0 Å². The summed E-state index contributed by atoms with van der Waals surface area (Å²) in [7, 11) is 0. The highest BCUT2D eigenvalue weighted by atomic mass is 16.3. The topological polar surface area (TPSA) is 71.2 Å². The zero-order valence-corrected chi connectivity index (χ0v) is 13.2. The van der Waals surface area contributed by atoms with Gasteiger partial charge in [-0.3, -0.25) is 9.36 Å². The van der Waals surface area contributed by atoms with Gasteiger partial charge in [0.25, 0.3) is 5.91 Å². The van der Waals surface area contributed by atoms with Crippen LogP contribution in [0.3, 0.4) is 0 Å². The molecule has 3 heterocycles. The maximum absolute atomic E-state index is 12.5. The van der Waals surface area contributed by atoms with Crippen molar-refractivity contribution in [2.24, 2.45) is 0 Å². The zero-order chi connectivity index (χ0) is 16.5. The van der Waals surface area contributed by atoms with Gasteiger partial charge in [0.2, 0.25) is 0 Å². The molecule has 1 N–H and O–H groups in total. The Morgan fingerprint density at radius 1 is 1.17 bits per heavy atom. The van der Waals surface area contributed by atoms with Crippen molar-refractivity contribution in [3.63, 3.8) is 0 Å². The second-order valence-corrected chi connectivity index (χ2v) is 6.06. The van der Waals surface area contributed by atoms with E-state index in [1.54, 1.807) is 23.5 Å². The fourth-order valence-corrected chi connectivity index (χ4v) is 3.12. The first-order valence-electron chi connectivity index (χ1n) is 8.08. The highest BCUT2D eigenvalue weighted by Gasteiger charge is 2.23. The van der Waals surface area contributed by atoms with Gasteiger partial charge in [-0.1, -0.05) is 12.1 Å². The molecule has 1 aliphatic heterocycles. The van der Waals surface area contributed by atoms with Crippen molar-refractivity contribution in [1.82, 2.24) is 19.4 Å². The third-order valence-corrected chi connectivity index (χ3v) is 4.38. The van der Waals surface area contributed by atoms with Gasteiger partial charge >= 0.3 is 0 Å². The third-order valence-electron chi connectivity index (χ3n) is 4.38. The Hall–Kier alpha value is -2.73. The van der Waals surface area contributed by atoms with Crippen molar-refractivity contribution in [3.05, 3.63) is 54.5 Å². The predicted octanol–water partition coefficient (Wildman–Crippen LogP) is 2.02. The van der Waals surface area contributed by atoms with E-state index >= 15 is 0 Å². The number of hydrogen-bond acceptors (Lipinski definition) is 4. The number of para-hydroxylation sites is 2. The Morgan fingerprint density at radius 2 is 2.04 bits per heavy atom. The van der Waals surface area contributed by atoms with Crippen LogP contribution in [0.25, 0.3) is 16.9 Å². The molecule has 2 aromatic heterocycles. The number of aliphatic hydroxyl groups is 1. The van der Waals surface area contributed by atoms with E-state index in [-0.39, 0.29) is 5.91 Å². The van der Waals surface area contributed by atoms with Crippen molar-refractivity contribution >= 4 is 16.9 Å². The van der Waals surface area contributed by atoms with E-state index in [4.69, 9.17) is 0 Å². The molecular weight excluding hydrogens is 304 g/mol. The number of aromatic nitrogens is 3. The minimum absolute atomic E-state index is 0.0803. The largest absolute Gasteiger partial charge is 0.391 e. The number of rotatable bonds is 2. The van der Waals surface area contributed by atoms with Crippen LogP contribution in [0.5, 0.6) is 0 Å². The number of pyridine rings is 1. The monoisotopic (exact) mass is 322 g/mol. The minimum atomic E-state index is -0.424. The van der Waals surface area contributed by atoms with Crippen LogP contribution in [0.1, 0.15) is 23.2 Å². The fraction of sp³-hybridized carbons (Fsp3) is 0.278. The lowest BCUT2D eigenvalue weighted by Crippen LogP contribution is -2.42. The van der Waals surface area contributed by atoms with Gasteiger partial charge < -0.3 is 10.0 Å². The normalized spacial score (nSPS) is 18.0. The van der Waals surface area contributed by atoms with Gasteiger partial charge in [0.05, 0.1) is 22.7 Å². The summed E-state index contributed by atoms with van der Waals surface area (Å²) >= 11 is 0. The smallest absolute Gasteiger partial charge is 0.255 e. The first kappa shape index (κ1) is 14.8. The van der Waals surface area contributed by atoms with E-state index in [0.29, 0.717) is 18.7 Å². The molecule has 6 nitrogen and oxygen atoms in total. The molecule has 0 radical (unpaired) electrons. The maximum Gasteiger partial charge on any atom is 0.255 e. The number of benzene rings is 1. The van der Waals surface area contributed by atoms with Crippen LogP contribution in [0.4, 0.5) is 0 Å². The quantitative estimate of drug-likeness (QED) is 0.783. The number of aliphatic hydroxyl groups excluding tert-OH is 1. The van der Waals surface area contributed by atoms with Gasteiger partial charge in [0, 0.05) is 19.3 Å². The summed E-state index contributed by atoms with van der Waals surface area (Å²) < 4.78 is 1.90. The third kappa shape index (κ3) is 2.65. The second kappa shape index (κ2) is 6.05. The number of piperidine rings is 1. The van der Waals surface area contributed by atoms with Crippen molar-refractivity contribution < 1.29 is 9.90 Å². The first-order chi connectivity index (χ1) is 11.7. The number of fused-ring (bicyclic) bond motifs is 1. The maximum atomic E-state index is 12.5. The summed E-state index contributed by atoms with van der Waals surface area (Å²) in [6.07, 6.45) is 4.49. The van der Waals surface area contributed by atoms with Gasteiger partial charge in [0.1, 0.15) is 12.1 Å². The molecule has 24 heavy (non-hydrogen) atoms. The van der Waals surface area contributed by atoms with Crippen molar-refractivity contribution in [3.8, 4) is 5.82 Å². The van der Waals surface area contributed by atoms with Gasteiger partial charge in [-0.05, 0) is 37.1 Å². The van der Waals surface area contributed by atoms with Gasteiger partial charge in [0.15, 0.2) is 0 Å². The number of hydrogen-bond donors (Lipinski definition) is 1. The molecule has 1 saturated heterocycles. The SMILES string of the molecule is O=C(c1ccc(-n2cnc3ccccc32)nc1)N1CCCC(O)C1. The number of amides is 1. The van der Waals surface area contributed by atoms with Crippen LogP contribution in [0.15, 0.2) is 48.9 Å². The Morgan fingerprint density at radius 3 is 2.83 bits per heavy atom. The molecule has 0 spiro atoms. The minimum Gasteiger partial charge on any atom is -0.391 e. The summed E-state index contributed by atoms with van der Waals surface area (Å²) in [5, 5.41) is 9.73. The average Bonchev–Trinajstić information content (AvgIpc) is 3.05. The van der Waals surface area contributed by atoms with Crippen LogP contribution in [-0.2, 0) is 0 Å². The van der Waals surface area contributed by atoms with E-state index < -0.39 is 6.10 Å². The Labute approximate surface area is 139 Å². The van der Waals surface area contributed by atoms with Gasteiger partial charge in [-0.2, -0.15) is 0 Å². The van der Waals surface area contributed by atoms with Crippen LogP contribution in [-0.4, -0.2) is 49.6 Å². The second-order valence-electron chi connectivity index (χ2n) is 6.06. The lowest BCUT2D eigenvalue weighted by Gasteiger charge is -2.30. The van der Waals surface area contributed by atoms with Gasteiger partial charge in [-0.25, -0.2) is 9.97 Å². The molecule has 1 atom stereocenters. The van der Waals surface area contributed by atoms with Crippen molar-refractivity contribution in [1.29, 1.82) is 0 Å². The van der Waals surface area contributed by atoms with E-state index in [0.717, 1.165) is 29.7 Å². The molecule has 1 amide bonds. The molecule has 4 rings (SSSR count). The molecule has 122 valence electrons. The number of carbonyl (C=O) groups excluding carboxylic acids is 1. The summed E-state index contributed by atoms with van der Waals surface area (Å²) in [4.78, 5) is 23.0. The van der Waals surface area contributed by atoms with Crippen molar-refractivity contribution in [2.45, 2.75) is 18.9 Å². The molecule has 1 aliphatic rings. The molecule has 0 bridgehead atoms. The standard InChI is InChI=1S/C18H18N4O2/c23-14-4-3-9-21(11-14)18(24)13-7-8-17(19-10-13)22-12-20-15-5-1-2-6-16(15)22/h1-2,5-8,10,12,14,23H,3-4,9,11H2.